The van der Waals surface area contributed by atoms with Crippen molar-refractivity contribution in [2.24, 2.45) is 0 Å². The van der Waals surface area contributed by atoms with Crippen LogP contribution in [-0.4, -0.2) is 15.0 Å². The van der Waals surface area contributed by atoms with E-state index in [1.807, 2.05) is 30.3 Å². The van der Waals surface area contributed by atoms with Crippen molar-refractivity contribution in [3.63, 3.8) is 0 Å². The molecule has 4 aromatic rings. The van der Waals surface area contributed by atoms with E-state index < -0.39 is 0 Å². The zero-order chi connectivity index (χ0) is 17.9. The molecular weight excluding hydrogens is 454 g/mol. The van der Waals surface area contributed by atoms with Crippen LogP contribution in [0.3, 0.4) is 0 Å². The van der Waals surface area contributed by atoms with Gasteiger partial charge in [-0.3, -0.25) is 0 Å². The van der Waals surface area contributed by atoms with Crippen LogP contribution in [0.4, 0.5) is 0 Å². The van der Waals surface area contributed by atoms with Gasteiger partial charge in [-0.15, -0.1) is 0 Å². The first-order valence-corrected chi connectivity index (χ1v) is 9.59. The maximum Gasteiger partial charge on any atom is 0.178 e. The normalized spacial score (nSPS) is 10.7. The van der Waals surface area contributed by atoms with Crippen molar-refractivity contribution in [1.82, 2.24) is 15.0 Å². The van der Waals surface area contributed by atoms with Gasteiger partial charge in [-0.05, 0) is 48.0 Å². The molecule has 3 nitrogen and oxygen atoms in total. The van der Waals surface area contributed by atoms with Gasteiger partial charge in [0.25, 0.3) is 0 Å². The lowest BCUT2D eigenvalue weighted by molar-refractivity contribution is 1.14. The molecule has 0 N–H and O–H groups in total. The van der Waals surface area contributed by atoms with E-state index in [9.17, 15) is 0 Å². The minimum atomic E-state index is 0.619. The number of hydrogen-bond acceptors (Lipinski definition) is 3. The summed E-state index contributed by atoms with van der Waals surface area (Å²) in [6.45, 7) is 0. The molecule has 5 heteroatoms. The van der Waals surface area contributed by atoms with E-state index >= 15 is 0 Å². The van der Waals surface area contributed by atoms with Gasteiger partial charge in [0.2, 0.25) is 0 Å². The average molecular weight is 467 g/mol. The van der Waals surface area contributed by atoms with E-state index in [1.54, 1.807) is 18.5 Å². The molecule has 26 heavy (non-hydrogen) atoms. The van der Waals surface area contributed by atoms with E-state index in [0.29, 0.717) is 5.82 Å². The van der Waals surface area contributed by atoms with Crippen molar-refractivity contribution < 1.29 is 0 Å². The van der Waals surface area contributed by atoms with E-state index in [0.717, 1.165) is 37.0 Å². The molecule has 0 spiro atoms. The highest BCUT2D eigenvalue weighted by atomic mass is 79.9. The molecule has 0 unspecified atom stereocenters. The van der Waals surface area contributed by atoms with Gasteiger partial charge in [-0.2, -0.15) is 0 Å². The Bertz CT molecular complexity index is 1030. The Kier molecular flexibility index (Phi) is 4.91. The maximum absolute atomic E-state index is 4.89. The minimum absolute atomic E-state index is 0.619. The van der Waals surface area contributed by atoms with Crippen LogP contribution in [0.25, 0.3) is 33.9 Å². The van der Waals surface area contributed by atoms with Crippen molar-refractivity contribution in [3.8, 4) is 33.9 Å². The Balaban J connectivity index is 1.90. The van der Waals surface area contributed by atoms with E-state index in [2.05, 4.69) is 72.2 Å². The number of benzene rings is 2. The number of aromatic nitrogens is 3. The van der Waals surface area contributed by atoms with Crippen LogP contribution in [0.15, 0.2) is 88.1 Å². The van der Waals surface area contributed by atoms with Crippen molar-refractivity contribution in [2.75, 3.05) is 0 Å². The third-order valence-electron chi connectivity index (χ3n) is 3.96. The van der Waals surface area contributed by atoms with Gasteiger partial charge in [0.15, 0.2) is 5.82 Å². The number of pyridine rings is 1. The van der Waals surface area contributed by atoms with Gasteiger partial charge in [-0.25, -0.2) is 15.0 Å². The van der Waals surface area contributed by atoms with Crippen molar-refractivity contribution in [1.29, 1.82) is 0 Å². The Morgan fingerprint density at radius 1 is 0.615 bits per heavy atom. The molecule has 0 saturated heterocycles. The van der Waals surface area contributed by atoms with Crippen LogP contribution in [-0.2, 0) is 0 Å². The Morgan fingerprint density at radius 2 is 1.19 bits per heavy atom. The Hall–Kier alpha value is -2.37. The summed E-state index contributed by atoms with van der Waals surface area (Å²) in [5.74, 6) is 0.619. The lowest BCUT2D eigenvalue weighted by atomic mass is 9.99. The summed E-state index contributed by atoms with van der Waals surface area (Å²) < 4.78 is 2.09. The van der Waals surface area contributed by atoms with Gasteiger partial charge < -0.3 is 0 Å². The molecular formula is C21H13Br2N3. The molecule has 126 valence electrons. The van der Waals surface area contributed by atoms with E-state index in [-0.39, 0.29) is 0 Å². The second-order valence-corrected chi connectivity index (χ2v) is 7.51. The van der Waals surface area contributed by atoms with Gasteiger partial charge in [0.1, 0.15) is 5.69 Å². The second kappa shape index (κ2) is 7.48. The van der Waals surface area contributed by atoms with Gasteiger partial charge in [-0.1, -0.05) is 56.1 Å². The predicted molar refractivity (Wildman–Crippen MR) is 112 cm³/mol. The van der Waals surface area contributed by atoms with Crippen LogP contribution in [0.2, 0.25) is 0 Å². The lowest BCUT2D eigenvalue weighted by Gasteiger charge is -2.12. The monoisotopic (exact) mass is 465 g/mol. The van der Waals surface area contributed by atoms with Gasteiger partial charge in [0.05, 0.1) is 5.69 Å². The summed E-state index contributed by atoms with van der Waals surface area (Å²) in [5.41, 5.74) is 4.89. The highest BCUT2D eigenvalue weighted by Crippen LogP contribution is 2.33. The number of hydrogen-bond donors (Lipinski definition) is 0. The zero-order valence-corrected chi connectivity index (χ0v) is 16.8. The predicted octanol–water partition coefficient (Wildman–Crippen LogP) is 6.40. The van der Waals surface area contributed by atoms with Crippen LogP contribution in [0, 0.1) is 0 Å². The molecule has 0 aliphatic rings. The molecule has 0 saturated carbocycles. The summed E-state index contributed by atoms with van der Waals surface area (Å²) >= 11 is 6.99. The first-order valence-electron chi connectivity index (χ1n) is 8.01. The van der Waals surface area contributed by atoms with Crippen LogP contribution in [0.1, 0.15) is 0 Å². The molecule has 0 aliphatic carbocycles. The zero-order valence-electron chi connectivity index (χ0n) is 13.6. The molecule has 0 aliphatic heterocycles. The Labute approximate surface area is 168 Å². The van der Waals surface area contributed by atoms with Gasteiger partial charge in [0, 0.05) is 32.5 Å². The maximum atomic E-state index is 4.89. The minimum Gasteiger partial charge on any atom is -0.244 e. The first kappa shape index (κ1) is 17.1. The van der Waals surface area contributed by atoms with Crippen molar-refractivity contribution in [2.45, 2.75) is 0 Å². The highest BCUT2D eigenvalue weighted by molar-refractivity contribution is 9.10. The van der Waals surface area contributed by atoms with Crippen LogP contribution >= 0.6 is 31.9 Å². The van der Waals surface area contributed by atoms with Crippen LogP contribution < -0.4 is 0 Å². The molecule has 2 heterocycles. The summed E-state index contributed by atoms with van der Waals surface area (Å²) in [5, 5.41) is 0. The lowest BCUT2D eigenvalue weighted by Crippen LogP contribution is -1.95. The Morgan fingerprint density at radius 3 is 1.81 bits per heavy atom. The summed E-state index contributed by atoms with van der Waals surface area (Å²) in [6.07, 6.45) is 3.46. The third-order valence-corrected chi connectivity index (χ3v) is 5.02. The fraction of sp³-hybridized carbons (Fsp3) is 0. The summed E-state index contributed by atoms with van der Waals surface area (Å²) in [6, 6.07) is 22.3. The average Bonchev–Trinajstić information content (AvgIpc) is 2.70. The quantitative estimate of drug-likeness (QED) is 0.350. The molecule has 2 aromatic carbocycles. The van der Waals surface area contributed by atoms with Gasteiger partial charge >= 0.3 is 0 Å². The number of halogens is 2. The van der Waals surface area contributed by atoms with Crippen molar-refractivity contribution >= 4 is 31.9 Å². The van der Waals surface area contributed by atoms with E-state index in [1.165, 1.54) is 0 Å². The summed E-state index contributed by atoms with van der Waals surface area (Å²) in [7, 11) is 0. The summed E-state index contributed by atoms with van der Waals surface area (Å²) in [4.78, 5) is 13.5. The standard InChI is InChI=1S/C21H13Br2N3/c22-16-6-2-14(3-7-16)18-10-11-19(21-24-12-1-13-25-21)26-20(18)15-4-8-17(23)9-5-15/h1-13H. The molecule has 0 amide bonds. The molecule has 0 atom stereocenters. The molecule has 0 radical (unpaired) electrons. The third kappa shape index (κ3) is 3.59. The van der Waals surface area contributed by atoms with Crippen molar-refractivity contribution in [3.05, 3.63) is 88.1 Å². The molecule has 4 rings (SSSR count). The number of rotatable bonds is 3. The largest absolute Gasteiger partial charge is 0.244 e. The second-order valence-electron chi connectivity index (χ2n) is 5.68. The number of nitrogens with zero attached hydrogens (tertiary/aromatic N) is 3. The molecule has 0 fully saturated rings. The fourth-order valence-electron chi connectivity index (χ4n) is 2.71. The van der Waals surface area contributed by atoms with Crippen LogP contribution in [0.5, 0.6) is 0 Å². The molecule has 2 aromatic heterocycles. The fourth-order valence-corrected chi connectivity index (χ4v) is 3.23. The molecule has 0 bridgehead atoms. The topological polar surface area (TPSA) is 38.7 Å². The smallest absolute Gasteiger partial charge is 0.178 e. The van der Waals surface area contributed by atoms with E-state index in [4.69, 9.17) is 4.98 Å². The first-order chi connectivity index (χ1) is 12.7. The highest BCUT2D eigenvalue weighted by Gasteiger charge is 2.12. The SMILES string of the molecule is Brc1ccc(-c2ccc(-c3ncccn3)nc2-c2ccc(Br)cc2)cc1.